The lowest BCUT2D eigenvalue weighted by molar-refractivity contribution is 0.102. The van der Waals surface area contributed by atoms with E-state index in [0.29, 0.717) is 12.6 Å². The Morgan fingerprint density at radius 2 is 1.93 bits per heavy atom. The second-order valence-corrected chi connectivity index (χ2v) is 4.49. The van der Waals surface area contributed by atoms with Crippen LogP contribution in [-0.2, 0) is 0 Å². The molecule has 0 amide bonds. The van der Waals surface area contributed by atoms with Gasteiger partial charge in [-0.05, 0) is 31.6 Å². The molecule has 0 radical (unpaired) electrons. The van der Waals surface area contributed by atoms with E-state index in [9.17, 15) is 0 Å². The van der Waals surface area contributed by atoms with Crippen molar-refractivity contribution in [3.63, 3.8) is 0 Å². The van der Waals surface area contributed by atoms with E-state index in [1.54, 1.807) is 0 Å². The van der Waals surface area contributed by atoms with E-state index in [4.69, 9.17) is 5.11 Å². The highest BCUT2D eigenvalue weighted by Crippen LogP contribution is 2.28. The molecule has 0 aromatic heterocycles. The van der Waals surface area contributed by atoms with Crippen LogP contribution in [0.4, 0.5) is 0 Å². The van der Waals surface area contributed by atoms with Crippen molar-refractivity contribution in [3.05, 3.63) is 0 Å². The Morgan fingerprint density at radius 1 is 1.29 bits per heavy atom. The van der Waals surface area contributed by atoms with Gasteiger partial charge >= 0.3 is 0 Å². The first-order valence-corrected chi connectivity index (χ1v) is 6.16. The molecule has 1 fully saturated rings. The summed E-state index contributed by atoms with van der Waals surface area (Å²) < 4.78 is 0. The summed E-state index contributed by atoms with van der Waals surface area (Å²) in [7, 11) is 0. The molecule has 14 heavy (non-hydrogen) atoms. The summed E-state index contributed by atoms with van der Waals surface area (Å²) in [6.07, 6.45) is 6.65. The zero-order chi connectivity index (χ0) is 10.4. The minimum absolute atomic E-state index is 0.309. The molecule has 84 valence electrons. The predicted octanol–water partition coefficient (Wildman–Crippen LogP) is 2.27. The molecule has 0 spiro atoms. The third-order valence-electron chi connectivity index (χ3n) is 3.56. The normalized spacial score (nSPS) is 17.8. The molecule has 2 heteroatoms. The zero-order valence-electron chi connectivity index (χ0n) is 9.71. The molecule has 0 saturated heterocycles. The van der Waals surface area contributed by atoms with E-state index in [-0.39, 0.29) is 0 Å². The molecule has 1 rings (SSSR count). The van der Waals surface area contributed by atoms with Gasteiger partial charge in [0.15, 0.2) is 0 Å². The Bertz CT molecular complexity index is 141. The molecule has 0 aromatic carbocycles. The molecule has 0 aromatic rings. The van der Waals surface area contributed by atoms with Crippen molar-refractivity contribution >= 4 is 0 Å². The van der Waals surface area contributed by atoms with Gasteiger partial charge in [-0.1, -0.05) is 20.3 Å². The minimum atomic E-state index is 0.309. The van der Waals surface area contributed by atoms with Gasteiger partial charge in [-0.15, -0.1) is 0 Å². The summed E-state index contributed by atoms with van der Waals surface area (Å²) in [5.41, 5.74) is 0. The molecule has 0 heterocycles. The first-order chi connectivity index (χ1) is 6.81. The van der Waals surface area contributed by atoms with Gasteiger partial charge in [0, 0.05) is 19.1 Å². The fourth-order valence-electron chi connectivity index (χ4n) is 2.36. The number of hydrogen-bond donors (Lipinski definition) is 1. The minimum Gasteiger partial charge on any atom is -0.395 e. The highest BCUT2D eigenvalue weighted by Gasteiger charge is 2.23. The first kappa shape index (κ1) is 12.0. The lowest BCUT2D eigenvalue weighted by Gasteiger charge is -2.36. The molecule has 0 atom stereocenters. The quantitative estimate of drug-likeness (QED) is 0.680. The van der Waals surface area contributed by atoms with E-state index < -0.39 is 0 Å². The third-order valence-corrected chi connectivity index (χ3v) is 3.56. The van der Waals surface area contributed by atoms with Crippen LogP contribution in [0.3, 0.4) is 0 Å². The van der Waals surface area contributed by atoms with Crippen LogP contribution >= 0.6 is 0 Å². The molecule has 1 N–H and O–H groups in total. The summed E-state index contributed by atoms with van der Waals surface area (Å²) in [5, 5.41) is 9.04. The number of aliphatic hydroxyl groups excluding tert-OH is 1. The zero-order valence-corrected chi connectivity index (χ0v) is 9.71. The van der Waals surface area contributed by atoms with Crippen LogP contribution < -0.4 is 0 Å². The van der Waals surface area contributed by atoms with E-state index in [0.717, 1.165) is 12.5 Å². The maximum absolute atomic E-state index is 9.04. The monoisotopic (exact) mass is 199 g/mol. The number of rotatable bonds is 7. The van der Waals surface area contributed by atoms with Crippen molar-refractivity contribution in [2.75, 3.05) is 19.7 Å². The molecule has 2 nitrogen and oxygen atoms in total. The average molecular weight is 199 g/mol. The molecule has 0 unspecified atom stereocenters. The average Bonchev–Trinajstić information content (AvgIpc) is 2.13. The largest absolute Gasteiger partial charge is 0.395 e. The van der Waals surface area contributed by atoms with Crippen molar-refractivity contribution in [2.45, 2.75) is 52.0 Å². The van der Waals surface area contributed by atoms with Crippen LogP contribution in [0.2, 0.25) is 0 Å². The Balaban J connectivity index is 2.34. The van der Waals surface area contributed by atoms with E-state index in [1.165, 1.54) is 38.6 Å². The topological polar surface area (TPSA) is 23.5 Å². The second-order valence-electron chi connectivity index (χ2n) is 4.49. The molecular formula is C12H25NO. The van der Waals surface area contributed by atoms with Gasteiger partial charge < -0.3 is 5.11 Å². The summed E-state index contributed by atoms with van der Waals surface area (Å²) in [6.45, 7) is 6.89. The van der Waals surface area contributed by atoms with Crippen molar-refractivity contribution in [2.24, 2.45) is 5.92 Å². The highest BCUT2D eigenvalue weighted by atomic mass is 16.3. The SMILES string of the molecule is CCC(CC)N(CCO)CC1CCC1. The molecule has 0 bridgehead atoms. The first-order valence-electron chi connectivity index (χ1n) is 6.16. The van der Waals surface area contributed by atoms with Crippen LogP contribution in [0.1, 0.15) is 46.0 Å². The fourth-order valence-corrected chi connectivity index (χ4v) is 2.36. The molecular weight excluding hydrogens is 174 g/mol. The van der Waals surface area contributed by atoms with Gasteiger partial charge in [-0.25, -0.2) is 0 Å². The van der Waals surface area contributed by atoms with Crippen LogP contribution in [0.5, 0.6) is 0 Å². The Kier molecular flexibility index (Phi) is 5.49. The van der Waals surface area contributed by atoms with Gasteiger partial charge in [0.05, 0.1) is 6.61 Å². The van der Waals surface area contributed by atoms with Crippen LogP contribution in [0.15, 0.2) is 0 Å². The van der Waals surface area contributed by atoms with E-state index in [2.05, 4.69) is 18.7 Å². The second kappa shape index (κ2) is 6.41. The van der Waals surface area contributed by atoms with Crippen LogP contribution in [-0.4, -0.2) is 35.7 Å². The molecule has 1 aliphatic rings. The highest BCUT2D eigenvalue weighted by molar-refractivity contribution is 4.77. The maximum Gasteiger partial charge on any atom is 0.0558 e. The van der Waals surface area contributed by atoms with Gasteiger partial charge in [0.2, 0.25) is 0 Å². The van der Waals surface area contributed by atoms with E-state index in [1.807, 2.05) is 0 Å². The van der Waals surface area contributed by atoms with Gasteiger partial charge in [-0.2, -0.15) is 0 Å². The lowest BCUT2D eigenvalue weighted by atomic mass is 9.84. The van der Waals surface area contributed by atoms with Crippen molar-refractivity contribution in [3.8, 4) is 0 Å². The number of aliphatic hydroxyl groups is 1. The Morgan fingerprint density at radius 3 is 2.29 bits per heavy atom. The summed E-state index contributed by atoms with van der Waals surface area (Å²) in [5.74, 6) is 0.919. The maximum atomic E-state index is 9.04. The smallest absolute Gasteiger partial charge is 0.0558 e. The molecule has 1 aliphatic carbocycles. The third kappa shape index (κ3) is 3.25. The lowest BCUT2D eigenvalue weighted by Crippen LogP contribution is -2.41. The van der Waals surface area contributed by atoms with Crippen molar-refractivity contribution in [1.29, 1.82) is 0 Å². The summed E-state index contributed by atoms with van der Waals surface area (Å²) in [6, 6.07) is 0.683. The van der Waals surface area contributed by atoms with Crippen molar-refractivity contribution < 1.29 is 5.11 Å². The predicted molar refractivity (Wildman–Crippen MR) is 60.4 cm³/mol. The van der Waals surface area contributed by atoms with Crippen LogP contribution in [0, 0.1) is 5.92 Å². The fraction of sp³-hybridized carbons (Fsp3) is 1.00. The summed E-state index contributed by atoms with van der Waals surface area (Å²) in [4.78, 5) is 2.49. The number of hydrogen-bond acceptors (Lipinski definition) is 2. The van der Waals surface area contributed by atoms with Crippen molar-refractivity contribution in [1.82, 2.24) is 4.90 Å². The van der Waals surface area contributed by atoms with Gasteiger partial charge in [-0.3, -0.25) is 4.90 Å². The molecule has 0 aliphatic heterocycles. The molecule has 1 saturated carbocycles. The standard InChI is InChI=1S/C12H25NO/c1-3-12(4-2)13(8-9-14)10-11-6-5-7-11/h11-12,14H,3-10H2,1-2H3. The number of nitrogens with zero attached hydrogens (tertiary/aromatic N) is 1. The van der Waals surface area contributed by atoms with E-state index >= 15 is 0 Å². The van der Waals surface area contributed by atoms with Gasteiger partial charge in [0.25, 0.3) is 0 Å². The van der Waals surface area contributed by atoms with Crippen LogP contribution in [0.25, 0.3) is 0 Å². The Labute approximate surface area is 88.3 Å². The van der Waals surface area contributed by atoms with Gasteiger partial charge in [0.1, 0.15) is 0 Å². The summed E-state index contributed by atoms with van der Waals surface area (Å²) >= 11 is 0. The Hall–Kier alpha value is -0.0800.